The molecule has 0 aliphatic heterocycles. The second kappa shape index (κ2) is 6.43. The quantitative estimate of drug-likeness (QED) is 0.618. The van der Waals surface area contributed by atoms with E-state index in [9.17, 15) is 4.79 Å². The van der Waals surface area contributed by atoms with Crippen LogP contribution in [0.15, 0.2) is 59.5 Å². The average molecular weight is 273 g/mol. The molecule has 19 heavy (non-hydrogen) atoms. The van der Waals surface area contributed by atoms with Gasteiger partial charge in [0, 0.05) is 16.5 Å². The molecule has 0 bridgehead atoms. The van der Waals surface area contributed by atoms with Gasteiger partial charge in [0.2, 0.25) is 5.78 Å². The van der Waals surface area contributed by atoms with Crippen molar-refractivity contribution in [3.8, 4) is 5.75 Å². The Morgan fingerprint density at radius 2 is 1.68 bits per heavy atom. The first kappa shape index (κ1) is 13.7. The van der Waals surface area contributed by atoms with E-state index in [4.69, 9.17) is 4.74 Å². The molecule has 1 unspecified atom stereocenters. The van der Waals surface area contributed by atoms with E-state index in [1.807, 2.05) is 42.5 Å². The van der Waals surface area contributed by atoms with Crippen LogP contribution in [0.4, 0.5) is 0 Å². The second-order valence-electron chi connectivity index (χ2n) is 4.25. The Hall–Kier alpha value is -1.74. The molecule has 0 heterocycles. The molecule has 2 rings (SSSR count). The first-order chi connectivity index (χ1) is 9.20. The van der Waals surface area contributed by atoms with Crippen LogP contribution in [0.5, 0.6) is 5.75 Å². The maximum absolute atomic E-state index is 12.2. The van der Waals surface area contributed by atoms with Crippen LogP contribution >= 0.6 is 0 Å². The fraction of sp³-hybridized carbons (Fsp3) is 0.188. The van der Waals surface area contributed by atoms with Gasteiger partial charge >= 0.3 is 0 Å². The normalized spacial score (nSPS) is 11.9. The largest absolute Gasteiger partial charge is 0.497 e. The second-order valence-corrected chi connectivity index (χ2v) is 6.28. The summed E-state index contributed by atoms with van der Waals surface area (Å²) in [6, 6.07) is 17.5. The minimum absolute atomic E-state index is 0.0519. The van der Waals surface area contributed by atoms with Gasteiger partial charge in [-0.2, -0.15) is 0 Å². The number of carbonyl (C=O) groups excluding carboxylic acids is 1. The summed E-state index contributed by atoms with van der Waals surface area (Å²) in [6.45, 7) is 0. The summed E-state index contributed by atoms with van der Waals surface area (Å²) in [7, 11) is 1.57. The zero-order valence-electron chi connectivity index (χ0n) is 11.1. The van der Waals surface area contributed by atoms with Gasteiger partial charge in [-0.1, -0.05) is 18.2 Å². The minimum Gasteiger partial charge on any atom is -0.497 e. The van der Waals surface area contributed by atoms with Crippen LogP contribution < -0.4 is 4.74 Å². The Labute approximate surface area is 116 Å². The monoisotopic (exact) mass is 273 g/mol. The zero-order valence-corrected chi connectivity index (χ0v) is 11.9. The molecule has 0 aliphatic carbocycles. The van der Waals surface area contributed by atoms with E-state index in [0.29, 0.717) is 5.75 Å². The predicted octanol–water partition coefficient (Wildman–Crippen LogP) is 3.19. The van der Waals surface area contributed by atoms with Gasteiger partial charge in [0.25, 0.3) is 0 Å². The zero-order chi connectivity index (χ0) is 13.7. The summed E-state index contributed by atoms with van der Waals surface area (Å²) in [4.78, 5) is 13.4. The van der Waals surface area contributed by atoms with E-state index in [1.165, 1.54) is 4.90 Å². The maximum Gasteiger partial charge on any atom is 0.212 e. The molecule has 0 N–H and O–H groups in total. The molecule has 0 saturated carbocycles. The minimum atomic E-state index is -0.0519. The van der Waals surface area contributed by atoms with E-state index >= 15 is 0 Å². The molecule has 2 nitrogen and oxygen atoms in total. The molecule has 0 amide bonds. The molecule has 2 aromatic carbocycles. The lowest BCUT2D eigenvalue weighted by molar-refractivity contribution is 0.102. The van der Waals surface area contributed by atoms with Crippen molar-refractivity contribution in [2.75, 3.05) is 19.1 Å². The molecule has 0 aliphatic rings. The smallest absolute Gasteiger partial charge is 0.212 e. The SMILES string of the molecule is COc1ccc(C(=O)C[S+](C)c2ccccc2)cc1. The average Bonchev–Trinajstić information content (AvgIpc) is 2.48. The summed E-state index contributed by atoms with van der Waals surface area (Å²) >= 11 is 0. The molecule has 98 valence electrons. The van der Waals surface area contributed by atoms with E-state index in [-0.39, 0.29) is 16.7 Å². The Kier molecular flexibility index (Phi) is 4.63. The Morgan fingerprint density at radius 3 is 2.26 bits per heavy atom. The van der Waals surface area contributed by atoms with Gasteiger partial charge in [-0.3, -0.25) is 4.79 Å². The van der Waals surface area contributed by atoms with Gasteiger partial charge in [0.1, 0.15) is 12.0 Å². The molecular formula is C16H17O2S+. The van der Waals surface area contributed by atoms with Crippen molar-refractivity contribution in [3.05, 3.63) is 60.2 Å². The Bertz CT molecular complexity index is 534. The number of hydrogen-bond donors (Lipinski definition) is 0. The van der Waals surface area contributed by atoms with Crippen molar-refractivity contribution in [2.24, 2.45) is 0 Å². The first-order valence-electron chi connectivity index (χ1n) is 6.05. The highest BCUT2D eigenvalue weighted by Crippen LogP contribution is 2.15. The predicted molar refractivity (Wildman–Crippen MR) is 80.2 cm³/mol. The molecule has 0 fully saturated rings. The van der Waals surface area contributed by atoms with Crippen molar-refractivity contribution >= 4 is 16.7 Å². The molecule has 0 aromatic heterocycles. The fourth-order valence-corrected chi connectivity index (χ4v) is 3.14. The summed E-state index contributed by atoms with van der Waals surface area (Å²) in [5.41, 5.74) is 0.746. The number of ketones is 1. The molecule has 0 radical (unpaired) electrons. The number of hydrogen-bond acceptors (Lipinski definition) is 2. The molecule has 0 spiro atoms. The van der Waals surface area contributed by atoms with Gasteiger partial charge < -0.3 is 4.74 Å². The lowest BCUT2D eigenvalue weighted by atomic mass is 10.1. The van der Waals surface area contributed by atoms with Crippen molar-refractivity contribution in [2.45, 2.75) is 4.90 Å². The van der Waals surface area contributed by atoms with Crippen molar-refractivity contribution in [3.63, 3.8) is 0 Å². The van der Waals surface area contributed by atoms with Crippen LogP contribution in [0.25, 0.3) is 0 Å². The summed E-state index contributed by atoms with van der Waals surface area (Å²) in [5.74, 6) is 1.50. The molecule has 1 atom stereocenters. The Balaban J connectivity index is 2.04. The molecule has 3 heteroatoms. The first-order valence-corrected chi connectivity index (χ1v) is 7.86. The third-order valence-corrected chi connectivity index (χ3v) is 4.68. The van der Waals surface area contributed by atoms with Crippen LogP contribution in [0, 0.1) is 0 Å². The highest BCUT2D eigenvalue weighted by molar-refractivity contribution is 7.96. The lowest BCUT2D eigenvalue weighted by Crippen LogP contribution is -2.15. The number of ether oxygens (including phenoxy) is 1. The van der Waals surface area contributed by atoms with E-state index in [2.05, 4.69) is 18.4 Å². The van der Waals surface area contributed by atoms with E-state index in [0.717, 1.165) is 11.3 Å². The number of Topliss-reactive ketones (excluding diaryl/α,β-unsaturated/α-hetero) is 1. The number of methoxy groups -OCH3 is 1. The lowest BCUT2D eigenvalue weighted by Gasteiger charge is -2.04. The summed E-state index contributed by atoms with van der Waals surface area (Å²) in [5, 5.41) is 0. The van der Waals surface area contributed by atoms with Crippen LogP contribution in [0.3, 0.4) is 0 Å². The fourth-order valence-electron chi connectivity index (χ4n) is 1.79. The summed E-state index contributed by atoms with van der Waals surface area (Å²) in [6.07, 6.45) is 2.11. The van der Waals surface area contributed by atoms with Crippen molar-refractivity contribution < 1.29 is 9.53 Å². The van der Waals surface area contributed by atoms with Gasteiger partial charge in [0.15, 0.2) is 10.6 Å². The number of benzene rings is 2. The topological polar surface area (TPSA) is 26.3 Å². The van der Waals surface area contributed by atoms with E-state index < -0.39 is 0 Å². The van der Waals surface area contributed by atoms with Gasteiger partial charge in [0.05, 0.1) is 7.11 Å². The van der Waals surface area contributed by atoms with E-state index in [1.54, 1.807) is 7.11 Å². The van der Waals surface area contributed by atoms with Crippen LogP contribution in [0.2, 0.25) is 0 Å². The number of rotatable bonds is 5. The van der Waals surface area contributed by atoms with Crippen LogP contribution in [-0.4, -0.2) is 24.9 Å². The standard InChI is InChI=1S/C16H17O2S/c1-18-14-10-8-13(9-11-14)16(17)12-19(2)15-6-4-3-5-7-15/h3-11H,12H2,1-2H3/q+1. The van der Waals surface area contributed by atoms with Crippen LogP contribution in [0.1, 0.15) is 10.4 Å². The maximum atomic E-state index is 12.2. The summed E-state index contributed by atoms with van der Waals surface area (Å²) < 4.78 is 5.09. The van der Waals surface area contributed by atoms with Gasteiger partial charge in [-0.15, -0.1) is 0 Å². The Morgan fingerprint density at radius 1 is 1.05 bits per heavy atom. The van der Waals surface area contributed by atoms with Crippen molar-refractivity contribution in [1.29, 1.82) is 0 Å². The van der Waals surface area contributed by atoms with Crippen molar-refractivity contribution in [1.82, 2.24) is 0 Å². The molecule has 0 saturated heterocycles. The van der Waals surface area contributed by atoms with Gasteiger partial charge in [-0.25, -0.2) is 0 Å². The molecular weight excluding hydrogens is 256 g/mol. The number of carbonyl (C=O) groups is 1. The third kappa shape index (κ3) is 3.61. The highest BCUT2D eigenvalue weighted by atomic mass is 32.2. The highest BCUT2D eigenvalue weighted by Gasteiger charge is 2.20. The van der Waals surface area contributed by atoms with Gasteiger partial charge in [-0.05, 0) is 36.4 Å². The van der Waals surface area contributed by atoms with Crippen LogP contribution in [-0.2, 0) is 10.9 Å². The molecule has 2 aromatic rings. The third-order valence-electron chi connectivity index (χ3n) is 2.91.